The summed E-state index contributed by atoms with van der Waals surface area (Å²) in [5.41, 5.74) is 13.9. The van der Waals surface area contributed by atoms with E-state index in [0.717, 1.165) is 12.8 Å². The van der Waals surface area contributed by atoms with Gasteiger partial charge < -0.3 is 16.8 Å². The topological polar surface area (TPSA) is 139 Å². The summed E-state index contributed by atoms with van der Waals surface area (Å²) in [6.07, 6.45) is 1.95. The summed E-state index contributed by atoms with van der Waals surface area (Å²) in [5.74, 6) is 0. The summed E-state index contributed by atoms with van der Waals surface area (Å²) < 4.78 is 32.1. The molecule has 7 N–H and O–H groups in total. The van der Waals surface area contributed by atoms with E-state index in [0.29, 0.717) is 4.32 Å². The maximum atomic E-state index is 8.74. The highest BCUT2D eigenvalue weighted by Crippen LogP contribution is 2.01. The first-order valence-electron chi connectivity index (χ1n) is 9.04. The van der Waals surface area contributed by atoms with Crippen LogP contribution in [0.5, 0.6) is 0 Å². The Morgan fingerprint density at radius 1 is 0.933 bits per heavy atom. The normalized spacial score (nSPS) is 11.7. The van der Waals surface area contributed by atoms with Crippen molar-refractivity contribution in [2.75, 3.05) is 7.05 Å². The SMILES string of the molecule is CNC(=S)S.C[C@H](N)Cc1ccccc1.C[C@H](N)Cc1ccccc1.O=S(=O)(O)O. The van der Waals surface area contributed by atoms with Gasteiger partial charge in [0.15, 0.2) is 0 Å². The third kappa shape index (κ3) is 28.7. The third-order valence-electron chi connectivity index (χ3n) is 3.01. The maximum Gasteiger partial charge on any atom is 0.394 e. The summed E-state index contributed by atoms with van der Waals surface area (Å²) >= 11 is 8.17. The van der Waals surface area contributed by atoms with Gasteiger partial charge >= 0.3 is 10.4 Å². The number of thiol groups is 1. The number of benzene rings is 2. The van der Waals surface area contributed by atoms with Gasteiger partial charge in [-0.1, -0.05) is 72.9 Å². The lowest BCUT2D eigenvalue weighted by Crippen LogP contribution is -2.17. The molecule has 0 saturated carbocycles. The highest BCUT2D eigenvalue weighted by molar-refractivity contribution is 8.11. The second kappa shape index (κ2) is 18.3. The Kier molecular flexibility index (Phi) is 18.7. The molecule has 2 atom stereocenters. The van der Waals surface area contributed by atoms with E-state index in [2.05, 4.69) is 54.4 Å². The fraction of sp³-hybridized carbons (Fsp3) is 0.350. The van der Waals surface area contributed by atoms with Gasteiger partial charge in [0.2, 0.25) is 0 Å². The predicted molar refractivity (Wildman–Crippen MR) is 132 cm³/mol. The van der Waals surface area contributed by atoms with Crippen molar-refractivity contribution in [2.24, 2.45) is 11.5 Å². The Hall–Kier alpha value is -1.53. The fourth-order valence-electron chi connectivity index (χ4n) is 1.97. The van der Waals surface area contributed by atoms with Crippen LogP contribution in [-0.4, -0.2) is 41.0 Å². The van der Waals surface area contributed by atoms with E-state index in [9.17, 15) is 0 Å². The largest absolute Gasteiger partial charge is 0.394 e. The van der Waals surface area contributed by atoms with Gasteiger partial charge in [0.1, 0.15) is 4.32 Å². The van der Waals surface area contributed by atoms with Crippen molar-refractivity contribution in [3.05, 3.63) is 71.8 Å². The van der Waals surface area contributed by atoms with Crippen LogP contribution in [0, 0.1) is 0 Å². The first-order valence-corrected chi connectivity index (χ1v) is 11.3. The standard InChI is InChI=1S/2C9H13N.C2H5NS2.H2O4S/c2*1-8(10)7-9-5-3-2-4-6-9;1-3-2(4)5;1-5(2,3)4/h2*2-6,8H,7,10H2,1H3;1H3,(H2,3,4,5);(H2,1,2,3,4)/t2*8-;;/m00../s1. The van der Waals surface area contributed by atoms with Crippen LogP contribution in [-0.2, 0) is 23.2 Å². The van der Waals surface area contributed by atoms with Gasteiger partial charge in [0, 0.05) is 19.1 Å². The molecule has 7 nitrogen and oxygen atoms in total. The van der Waals surface area contributed by atoms with Crippen molar-refractivity contribution >= 4 is 39.6 Å². The molecule has 0 aliphatic carbocycles. The van der Waals surface area contributed by atoms with Crippen molar-refractivity contribution in [3.8, 4) is 0 Å². The van der Waals surface area contributed by atoms with Gasteiger partial charge in [-0.2, -0.15) is 8.42 Å². The van der Waals surface area contributed by atoms with E-state index >= 15 is 0 Å². The van der Waals surface area contributed by atoms with E-state index < -0.39 is 10.4 Å². The summed E-state index contributed by atoms with van der Waals surface area (Å²) in [6, 6.07) is 21.1. The Morgan fingerprint density at radius 2 is 1.17 bits per heavy atom. The predicted octanol–water partition coefficient (Wildman–Crippen LogP) is 2.92. The molecule has 170 valence electrons. The molecule has 0 aliphatic heterocycles. The molecule has 0 heterocycles. The molecule has 0 amide bonds. The lowest BCUT2D eigenvalue weighted by Gasteiger charge is -2.02. The van der Waals surface area contributed by atoms with Crippen molar-refractivity contribution < 1.29 is 17.5 Å². The minimum atomic E-state index is -4.67. The number of hydrogen-bond acceptors (Lipinski definition) is 5. The van der Waals surface area contributed by atoms with Crippen LogP contribution in [0.15, 0.2) is 60.7 Å². The molecule has 0 bridgehead atoms. The zero-order chi connectivity index (χ0) is 23.6. The monoisotopic (exact) mass is 475 g/mol. The molecular formula is C20H33N3O4S3. The van der Waals surface area contributed by atoms with Crippen LogP contribution in [0.25, 0.3) is 0 Å². The number of nitrogens with one attached hydrogen (secondary N) is 1. The van der Waals surface area contributed by atoms with Crippen molar-refractivity contribution in [2.45, 2.75) is 38.8 Å². The fourth-order valence-corrected chi connectivity index (χ4v) is 1.97. The second-order valence-electron chi connectivity index (χ2n) is 6.34. The van der Waals surface area contributed by atoms with Gasteiger partial charge in [-0.3, -0.25) is 9.11 Å². The molecule has 0 spiro atoms. The van der Waals surface area contributed by atoms with E-state index in [1.807, 2.05) is 50.2 Å². The average molecular weight is 476 g/mol. The molecule has 10 heteroatoms. The number of hydrogen-bond donors (Lipinski definition) is 6. The van der Waals surface area contributed by atoms with Crippen LogP contribution in [0.4, 0.5) is 0 Å². The molecule has 2 aromatic carbocycles. The van der Waals surface area contributed by atoms with Crippen LogP contribution < -0.4 is 16.8 Å². The Balaban J connectivity index is 0. The van der Waals surface area contributed by atoms with Gasteiger partial charge in [-0.05, 0) is 37.8 Å². The van der Waals surface area contributed by atoms with Crippen LogP contribution in [0.1, 0.15) is 25.0 Å². The molecule has 0 unspecified atom stereocenters. The maximum absolute atomic E-state index is 8.74. The van der Waals surface area contributed by atoms with Crippen molar-refractivity contribution in [1.82, 2.24) is 5.32 Å². The Labute approximate surface area is 191 Å². The van der Waals surface area contributed by atoms with Crippen LogP contribution in [0.2, 0.25) is 0 Å². The van der Waals surface area contributed by atoms with E-state index in [-0.39, 0.29) is 12.1 Å². The van der Waals surface area contributed by atoms with Crippen molar-refractivity contribution in [1.29, 1.82) is 0 Å². The third-order valence-corrected chi connectivity index (χ3v) is 3.44. The molecular weight excluding hydrogens is 442 g/mol. The summed E-state index contributed by atoms with van der Waals surface area (Å²) in [4.78, 5) is 0. The second-order valence-corrected chi connectivity index (χ2v) is 8.39. The van der Waals surface area contributed by atoms with E-state index in [1.54, 1.807) is 7.05 Å². The first kappa shape index (κ1) is 30.7. The molecule has 0 aromatic heterocycles. The molecule has 0 saturated heterocycles. The smallest absolute Gasteiger partial charge is 0.374 e. The minimum Gasteiger partial charge on any atom is -0.374 e. The van der Waals surface area contributed by atoms with Crippen molar-refractivity contribution in [3.63, 3.8) is 0 Å². The minimum absolute atomic E-state index is 0.266. The summed E-state index contributed by atoms with van der Waals surface area (Å²) in [5, 5.41) is 2.62. The van der Waals surface area contributed by atoms with Gasteiger partial charge in [-0.25, -0.2) is 0 Å². The molecule has 2 rings (SSSR count). The zero-order valence-electron chi connectivity index (χ0n) is 17.5. The lowest BCUT2D eigenvalue weighted by molar-refractivity contribution is 0.381. The molecule has 2 aromatic rings. The lowest BCUT2D eigenvalue weighted by atomic mass is 10.1. The number of nitrogens with two attached hydrogens (primary N) is 2. The Bertz CT molecular complexity index is 719. The first-order chi connectivity index (χ1) is 13.8. The highest BCUT2D eigenvalue weighted by Gasteiger charge is 1.95. The molecule has 0 radical (unpaired) electrons. The summed E-state index contributed by atoms with van der Waals surface area (Å²) in [7, 11) is -2.94. The number of thiocarbonyl (C=S) groups is 1. The molecule has 0 aliphatic rings. The van der Waals surface area contributed by atoms with E-state index in [1.165, 1.54) is 11.1 Å². The summed E-state index contributed by atoms with van der Waals surface area (Å²) in [6.45, 7) is 4.04. The number of rotatable bonds is 4. The van der Waals surface area contributed by atoms with Gasteiger partial charge in [0.25, 0.3) is 0 Å². The van der Waals surface area contributed by atoms with Crippen LogP contribution in [0.3, 0.4) is 0 Å². The zero-order valence-corrected chi connectivity index (χ0v) is 20.0. The average Bonchev–Trinajstić information content (AvgIpc) is 2.62. The highest BCUT2D eigenvalue weighted by atomic mass is 32.3. The molecule has 30 heavy (non-hydrogen) atoms. The molecule has 0 fully saturated rings. The quantitative estimate of drug-likeness (QED) is 0.225. The van der Waals surface area contributed by atoms with Gasteiger partial charge in [-0.15, -0.1) is 12.6 Å². The Morgan fingerprint density at radius 3 is 1.33 bits per heavy atom. The van der Waals surface area contributed by atoms with Gasteiger partial charge in [0.05, 0.1) is 0 Å². The van der Waals surface area contributed by atoms with E-state index in [4.69, 9.17) is 29.0 Å². The van der Waals surface area contributed by atoms with Crippen LogP contribution >= 0.6 is 24.8 Å².